The fourth-order valence-corrected chi connectivity index (χ4v) is 2.32. The number of carboxylic acid groups (broad SMARTS) is 1. The smallest absolute Gasteiger partial charge is 0.328 e. The van der Waals surface area contributed by atoms with Crippen molar-refractivity contribution < 1.29 is 9.90 Å². The summed E-state index contributed by atoms with van der Waals surface area (Å²) < 4.78 is 2.06. The standard InChI is InChI=1S/C17H17N3O2/c1-11(2)20-9-16(18-10-20)15-8-13-7-12(4-6-17(21)22)3-5-14(13)19-15/h3-11,19H,1-2H3,(H,21,22)/b6-4+. The molecule has 0 saturated heterocycles. The zero-order valence-corrected chi connectivity index (χ0v) is 12.4. The molecule has 112 valence electrons. The molecule has 3 rings (SSSR count). The van der Waals surface area contributed by atoms with Crippen molar-refractivity contribution in [2.45, 2.75) is 19.9 Å². The first-order valence-corrected chi connectivity index (χ1v) is 7.10. The van der Waals surface area contributed by atoms with Crippen LogP contribution in [0.5, 0.6) is 0 Å². The van der Waals surface area contributed by atoms with Crippen molar-refractivity contribution in [3.63, 3.8) is 0 Å². The molecule has 0 aliphatic carbocycles. The van der Waals surface area contributed by atoms with Gasteiger partial charge in [0.1, 0.15) is 5.69 Å². The molecule has 0 radical (unpaired) electrons. The summed E-state index contributed by atoms with van der Waals surface area (Å²) in [6.07, 6.45) is 6.56. The molecule has 0 spiro atoms. The molecule has 0 atom stereocenters. The Labute approximate surface area is 127 Å². The summed E-state index contributed by atoms with van der Waals surface area (Å²) in [6.45, 7) is 4.22. The van der Waals surface area contributed by atoms with Crippen molar-refractivity contribution in [3.05, 3.63) is 48.4 Å². The molecule has 2 heterocycles. The molecule has 5 heteroatoms. The van der Waals surface area contributed by atoms with E-state index >= 15 is 0 Å². The average Bonchev–Trinajstić information content (AvgIpc) is 3.10. The molecule has 1 aromatic carbocycles. The number of fused-ring (bicyclic) bond motifs is 1. The van der Waals surface area contributed by atoms with E-state index in [4.69, 9.17) is 5.11 Å². The zero-order valence-electron chi connectivity index (χ0n) is 12.4. The first-order valence-electron chi connectivity index (χ1n) is 7.10. The van der Waals surface area contributed by atoms with Crippen molar-refractivity contribution in [3.8, 4) is 11.4 Å². The Kier molecular flexibility index (Phi) is 3.55. The molecule has 0 aliphatic rings. The summed E-state index contributed by atoms with van der Waals surface area (Å²) in [4.78, 5) is 18.3. The molecular weight excluding hydrogens is 278 g/mol. The van der Waals surface area contributed by atoms with Crippen molar-refractivity contribution in [1.29, 1.82) is 0 Å². The minimum atomic E-state index is -0.950. The Hall–Kier alpha value is -2.82. The number of hydrogen-bond acceptors (Lipinski definition) is 2. The summed E-state index contributed by atoms with van der Waals surface area (Å²) in [5.41, 5.74) is 3.70. The van der Waals surface area contributed by atoms with E-state index in [1.165, 1.54) is 0 Å². The Morgan fingerprint density at radius 1 is 1.36 bits per heavy atom. The third-order valence-electron chi connectivity index (χ3n) is 3.54. The Morgan fingerprint density at radius 3 is 2.86 bits per heavy atom. The van der Waals surface area contributed by atoms with Crippen LogP contribution in [0.2, 0.25) is 0 Å². The van der Waals surface area contributed by atoms with Crippen molar-refractivity contribution in [2.75, 3.05) is 0 Å². The van der Waals surface area contributed by atoms with Crippen molar-refractivity contribution >= 4 is 22.9 Å². The lowest BCUT2D eigenvalue weighted by Gasteiger charge is -2.03. The summed E-state index contributed by atoms with van der Waals surface area (Å²) in [6, 6.07) is 8.18. The van der Waals surface area contributed by atoms with Crippen LogP contribution in [0, 0.1) is 0 Å². The lowest BCUT2D eigenvalue weighted by Crippen LogP contribution is -1.95. The average molecular weight is 295 g/mol. The summed E-state index contributed by atoms with van der Waals surface area (Å²) in [5.74, 6) is -0.950. The van der Waals surface area contributed by atoms with Crippen LogP contribution < -0.4 is 0 Å². The maximum absolute atomic E-state index is 10.6. The van der Waals surface area contributed by atoms with E-state index in [9.17, 15) is 4.79 Å². The molecule has 0 amide bonds. The molecule has 0 fully saturated rings. The number of rotatable bonds is 4. The van der Waals surface area contributed by atoms with Gasteiger partial charge in [0.15, 0.2) is 0 Å². The lowest BCUT2D eigenvalue weighted by molar-refractivity contribution is -0.131. The topological polar surface area (TPSA) is 70.9 Å². The van der Waals surface area contributed by atoms with E-state index in [2.05, 4.69) is 28.4 Å². The second-order valence-corrected chi connectivity index (χ2v) is 5.50. The van der Waals surface area contributed by atoms with E-state index in [0.29, 0.717) is 6.04 Å². The number of aliphatic carboxylic acids is 1. The van der Waals surface area contributed by atoms with Crippen LogP contribution in [-0.2, 0) is 4.79 Å². The fraction of sp³-hybridized carbons (Fsp3) is 0.176. The van der Waals surface area contributed by atoms with E-state index in [0.717, 1.165) is 33.9 Å². The van der Waals surface area contributed by atoms with Gasteiger partial charge in [-0.1, -0.05) is 6.07 Å². The highest BCUT2D eigenvalue weighted by Gasteiger charge is 2.08. The number of carboxylic acids is 1. The monoisotopic (exact) mass is 295 g/mol. The number of nitrogens with zero attached hydrogens (tertiary/aromatic N) is 2. The number of H-pyrrole nitrogens is 1. The Balaban J connectivity index is 1.96. The zero-order chi connectivity index (χ0) is 15.7. The van der Waals surface area contributed by atoms with Crippen LogP contribution in [-0.4, -0.2) is 25.6 Å². The van der Waals surface area contributed by atoms with Gasteiger partial charge < -0.3 is 14.7 Å². The van der Waals surface area contributed by atoms with Gasteiger partial charge in [0.2, 0.25) is 0 Å². The summed E-state index contributed by atoms with van der Waals surface area (Å²) in [7, 11) is 0. The van der Waals surface area contributed by atoms with E-state index in [1.54, 1.807) is 6.08 Å². The Morgan fingerprint density at radius 2 is 2.18 bits per heavy atom. The molecule has 2 aromatic heterocycles. The summed E-state index contributed by atoms with van der Waals surface area (Å²) >= 11 is 0. The van der Waals surface area contributed by atoms with Crippen LogP contribution in [0.3, 0.4) is 0 Å². The van der Waals surface area contributed by atoms with Gasteiger partial charge in [-0.25, -0.2) is 9.78 Å². The third kappa shape index (κ3) is 2.79. The predicted octanol–water partition coefficient (Wildman–Crippen LogP) is 3.71. The maximum Gasteiger partial charge on any atom is 0.328 e. The molecule has 0 saturated carbocycles. The molecule has 22 heavy (non-hydrogen) atoms. The van der Waals surface area contributed by atoms with Gasteiger partial charge in [-0.15, -0.1) is 0 Å². The van der Waals surface area contributed by atoms with Crippen molar-refractivity contribution in [1.82, 2.24) is 14.5 Å². The quantitative estimate of drug-likeness (QED) is 0.721. The molecule has 0 aliphatic heterocycles. The fourth-order valence-electron chi connectivity index (χ4n) is 2.32. The van der Waals surface area contributed by atoms with Crippen LogP contribution in [0.1, 0.15) is 25.5 Å². The molecule has 0 bridgehead atoms. The van der Waals surface area contributed by atoms with Gasteiger partial charge >= 0.3 is 5.97 Å². The first-order chi connectivity index (χ1) is 10.5. The number of aromatic amines is 1. The number of nitrogens with one attached hydrogen (secondary N) is 1. The van der Waals surface area contributed by atoms with Crippen LogP contribution in [0.25, 0.3) is 28.4 Å². The lowest BCUT2D eigenvalue weighted by atomic mass is 10.1. The maximum atomic E-state index is 10.6. The first kappa shape index (κ1) is 14.1. The van der Waals surface area contributed by atoms with Crippen LogP contribution in [0.4, 0.5) is 0 Å². The highest BCUT2D eigenvalue weighted by Crippen LogP contribution is 2.24. The van der Waals surface area contributed by atoms with Gasteiger partial charge in [0, 0.05) is 29.2 Å². The predicted molar refractivity (Wildman–Crippen MR) is 86.6 cm³/mol. The van der Waals surface area contributed by atoms with Crippen molar-refractivity contribution in [2.24, 2.45) is 0 Å². The minimum absolute atomic E-state index is 0.374. The van der Waals surface area contributed by atoms with Gasteiger partial charge in [-0.3, -0.25) is 0 Å². The second-order valence-electron chi connectivity index (χ2n) is 5.50. The number of hydrogen-bond donors (Lipinski definition) is 2. The largest absolute Gasteiger partial charge is 0.478 e. The van der Waals surface area contributed by atoms with Gasteiger partial charge in [0.05, 0.1) is 12.0 Å². The van der Waals surface area contributed by atoms with Gasteiger partial charge in [-0.05, 0) is 43.7 Å². The molecular formula is C17H17N3O2. The number of imidazole rings is 1. The highest BCUT2D eigenvalue weighted by atomic mass is 16.4. The van der Waals surface area contributed by atoms with Crippen LogP contribution in [0.15, 0.2) is 42.9 Å². The van der Waals surface area contributed by atoms with E-state index in [-0.39, 0.29) is 0 Å². The second kappa shape index (κ2) is 5.52. The normalized spacial score (nSPS) is 11.8. The third-order valence-corrected chi connectivity index (χ3v) is 3.54. The Bertz CT molecular complexity index is 856. The van der Waals surface area contributed by atoms with Gasteiger partial charge in [0.25, 0.3) is 0 Å². The summed E-state index contributed by atoms with van der Waals surface area (Å²) in [5, 5.41) is 9.71. The van der Waals surface area contributed by atoms with E-state index in [1.807, 2.05) is 36.8 Å². The minimum Gasteiger partial charge on any atom is -0.478 e. The molecule has 5 nitrogen and oxygen atoms in total. The number of aromatic nitrogens is 3. The molecule has 2 N–H and O–H groups in total. The van der Waals surface area contributed by atoms with Crippen LogP contribution >= 0.6 is 0 Å². The molecule has 0 unspecified atom stereocenters. The van der Waals surface area contributed by atoms with E-state index < -0.39 is 5.97 Å². The number of carbonyl (C=O) groups is 1. The van der Waals surface area contributed by atoms with Gasteiger partial charge in [-0.2, -0.15) is 0 Å². The highest BCUT2D eigenvalue weighted by molar-refractivity contribution is 5.89. The number of benzene rings is 1. The molecule has 3 aromatic rings. The SMILES string of the molecule is CC(C)n1cnc(-c2cc3cc(/C=C/C(=O)O)ccc3[nH]2)c1.